The highest BCUT2D eigenvalue weighted by Crippen LogP contribution is 2.28. The van der Waals surface area contributed by atoms with Crippen LogP contribution >= 0.6 is 0 Å². The molecule has 1 aromatic carbocycles. The van der Waals surface area contributed by atoms with Crippen LogP contribution < -0.4 is 10.6 Å². The summed E-state index contributed by atoms with van der Waals surface area (Å²) in [6, 6.07) is 6.81. The Balaban J connectivity index is 2.14. The van der Waals surface area contributed by atoms with E-state index >= 15 is 0 Å². The maximum Gasteiger partial charge on any atom is 0.321 e. The minimum atomic E-state index is -0.0265. The molecule has 1 unspecified atom stereocenters. The first kappa shape index (κ1) is 15.8. The number of carbonyl (C=O) groups excluding carboxylic acids is 1. The summed E-state index contributed by atoms with van der Waals surface area (Å²) in [6.07, 6.45) is 4.95. The number of urea groups is 1. The number of hydrogen-bond donors (Lipinski definition) is 2. The first-order valence-corrected chi connectivity index (χ1v) is 8.04. The zero-order chi connectivity index (χ0) is 15.2. The van der Waals surface area contributed by atoms with E-state index in [1.54, 1.807) is 4.90 Å². The average Bonchev–Trinajstić information content (AvgIpc) is 2.47. The Hall–Kier alpha value is -1.55. The molecule has 0 fully saturated rings. The highest BCUT2D eigenvalue weighted by molar-refractivity contribution is 5.92. The van der Waals surface area contributed by atoms with Crippen LogP contribution in [0.2, 0.25) is 0 Å². The van der Waals surface area contributed by atoms with Crippen molar-refractivity contribution < 1.29 is 4.79 Å². The lowest BCUT2D eigenvalue weighted by Crippen LogP contribution is -2.35. The number of anilines is 1. The maximum atomic E-state index is 11.7. The Kier molecular flexibility index (Phi) is 5.62. The monoisotopic (exact) mass is 289 g/mol. The molecule has 4 heteroatoms. The van der Waals surface area contributed by atoms with E-state index in [4.69, 9.17) is 0 Å². The van der Waals surface area contributed by atoms with Gasteiger partial charge in [0.25, 0.3) is 0 Å². The third-order valence-electron chi connectivity index (χ3n) is 4.07. The van der Waals surface area contributed by atoms with E-state index in [2.05, 4.69) is 36.6 Å². The topological polar surface area (TPSA) is 44.4 Å². The van der Waals surface area contributed by atoms with Gasteiger partial charge in [-0.15, -0.1) is 0 Å². The van der Waals surface area contributed by atoms with Gasteiger partial charge in [0.15, 0.2) is 0 Å². The summed E-state index contributed by atoms with van der Waals surface area (Å²) >= 11 is 0. The Labute approximate surface area is 127 Å². The van der Waals surface area contributed by atoms with Gasteiger partial charge in [-0.25, -0.2) is 4.79 Å². The number of nitrogens with one attached hydrogen (secondary N) is 2. The van der Waals surface area contributed by atoms with Gasteiger partial charge in [0.1, 0.15) is 0 Å². The molecule has 116 valence electrons. The lowest BCUT2D eigenvalue weighted by Gasteiger charge is -2.27. The summed E-state index contributed by atoms with van der Waals surface area (Å²) in [5.41, 5.74) is 3.48. The molecule has 0 saturated heterocycles. The standard InChI is InChI=1S/C17H27N3O/c1-4-6-7-8-15(18-5-2)13-9-10-16-14(11-13)12-20(3)17(21)19-16/h9-11,15,18H,4-8,12H2,1-3H3,(H,19,21). The molecule has 0 aliphatic carbocycles. The second kappa shape index (κ2) is 7.46. The van der Waals surface area contributed by atoms with Crippen molar-refractivity contribution in [1.82, 2.24) is 10.2 Å². The second-order valence-corrected chi connectivity index (χ2v) is 5.81. The fraction of sp³-hybridized carbons (Fsp3) is 0.588. The third-order valence-corrected chi connectivity index (χ3v) is 4.07. The molecule has 2 rings (SSSR count). The van der Waals surface area contributed by atoms with Crippen molar-refractivity contribution in [2.45, 2.75) is 52.1 Å². The van der Waals surface area contributed by atoms with E-state index < -0.39 is 0 Å². The molecule has 0 bridgehead atoms. The Morgan fingerprint density at radius 3 is 2.86 bits per heavy atom. The van der Waals surface area contributed by atoms with Gasteiger partial charge < -0.3 is 15.5 Å². The number of rotatable bonds is 7. The Morgan fingerprint density at radius 2 is 2.14 bits per heavy atom. The van der Waals surface area contributed by atoms with Crippen LogP contribution in [-0.4, -0.2) is 24.5 Å². The number of benzene rings is 1. The predicted octanol–water partition coefficient (Wildman–Crippen LogP) is 3.89. The van der Waals surface area contributed by atoms with Gasteiger partial charge in [-0.1, -0.05) is 45.2 Å². The Bertz CT molecular complexity index is 487. The molecule has 4 nitrogen and oxygen atoms in total. The molecule has 2 N–H and O–H groups in total. The molecule has 0 aromatic heterocycles. The van der Waals surface area contributed by atoms with Crippen LogP contribution in [0.1, 0.15) is 56.7 Å². The van der Waals surface area contributed by atoms with Crippen LogP contribution in [0.5, 0.6) is 0 Å². The molecule has 21 heavy (non-hydrogen) atoms. The van der Waals surface area contributed by atoms with Crippen molar-refractivity contribution >= 4 is 11.7 Å². The summed E-state index contributed by atoms with van der Waals surface area (Å²) in [6.45, 7) is 6.05. The minimum Gasteiger partial charge on any atom is -0.323 e. The minimum absolute atomic E-state index is 0.0265. The van der Waals surface area contributed by atoms with Crippen LogP contribution in [0.4, 0.5) is 10.5 Å². The summed E-state index contributed by atoms with van der Waals surface area (Å²) < 4.78 is 0. The van der Waals surface area contributed by atoms with Crippen LogP contribution in [0.3, 0.4) is 0 Å². The largest absolute Gasteiger partial charge is 0.323 e. The molecule has 0 saturated carbocycles. The smallest absolute Gasteiger partial charge is 0.321 e. The lowest BCUT2D eigenvalue weighted by atomic mass is 9.97. The van der Waals surface area contributed by atoms with Crippen LogP contribution in [0, 0.1) is 0 Å². The molecule has 1 aromatic rings. The molecule has 2 amide bonds. The molecule has 1 aliphatic heterocycles. The molecule has 1 heterocycles. The fourth-order valence-electron chi connectivity index (χ4n) is 2.85. The van der Waals surface area contributed by atoms with E-state index in [0.717, 1.165) is 12.2 Å². The Morgan fingerprint density at radius 1 is 1.33 bits per heavy atom. The summed E-state index contributed by atoms with van der Waals surface area (Å²) in [5, 5.41) is 6.51. The van der Waals surface area contributed by atoms with Crippen LogP contribution in [0.15, 0.2) is 18.2 Å². The van der Waals surface area contributed by atoms with Crippen molar-refractivity contribution in [2.24, 2.45) is 0 Å². The van der Waals surface area contributed by atoms with Crippen molar-refractivity contribution in [1.29, 1.82) is 0 Å². The van der Waals surface area contributed by atoms with Gasteiger partial charge in [-0.05, 0) is 30.2 Å². The van der Waals surface area contributed by atoms with Crippen molar-refractivity contribution in [3.8, 4) is 0 Å². The number of unbranched alkanes of at least 4 members (excludes halogenated alkanes) is 2. The van der Waals surface area contributed by atoms with Crippen molar-refractivity contribution in [3.05, 3.63) is 29.3 Å². The summed E-state index contributed by atoms with van der Waals surface area (Å²) in [7, 11) is 1.83. The van der Waals surface area contributed by atoms with Gasteiger partial charge in [-0.3, -0.25) is 0 Å². The van der Waals surface area contributed by atoms with Gasteiger partial charge >= 0.3 is 6.03 Å². The quantitative estimate of drug-likeness (QED) is 0.748. The van der Waals surface area contributed by atoms with E-state index in [1.165, 1.54) is 36.8 Å². The molecule has 1 atom stereocenters. The third kappa shape index (κ3) is 3.97. The normalized spacial score (nSPS) is 15.6. The van der Waals surface area contributed by atoms with Gasteiger partial charge in [0.05, 0.1) is 0 Å². The van der Waals surface area contributed by atoms with E-state index in [-0.39, 0.29) is 6.03 Å². The fourth-order valence-corrected chi connectivity index (χ4v) is 2.85. The first-order valence-electron chi connectivity index (χ1n) is 8.04. The average molecular weight is 289 g/mol. The van der Waals surface area contributed by atoms with Gasteiger partial charge in [0, 0.05) is 25.3 Å². The van der Waals surface area contributed by atoms with Crippen molar-refractivity contribution in [3.63, 3.8) is 0 Å². The van der Waals surface area contributed by atoms with Gasteiger partial charge in [0.2, 0.25) is 0 Å². The van der Waals surface area contributed by atoms with Crippen molar-refractivity contribution in [2.75, 3.05) is 18.9 Å². The number of fused-ring (bicyclic) bond motifs is 1. The number of amides is 2. The van der Waals surface area contributed by atoms with Crippen LogP contribution in [-0.2, 0) is 6.54 Å². The van der Waals surface area contributed by atoms with E-state index in [1.807, 2.05) is 13.1 Å². The number of nitrogens with zero attached hydrogens (tertiary/aromatic N) is 1. The highest BCUT2D eigenvalue weighted by atomic mass is 16.2. The summed E-state index contributed by atoms with van der Waals surface area (Å²) in [5.74, 6) is 0. The van der Waals surface area contributed by atoms with Gasteiger partial charge in [-0.2, -0.15) is 0 Å². The summed E-state index contributed by atoms with van der Waals surface area (Å²) in [4.78, 5) is 13.4. The molecule has 1 aliphatic rings. The van der Waals surface area contributed by atoms with E-state index in [0.29, 0.717) is 12.6 Å². The molecule has 0 radical (unpaired) electrons. The second-order valence-electron chi connectivity index (χ2n) is 5.81. The molecular weight excluding hydrogens is 262 g/mol. The number of hydrogen-bond acceptors (Lipinski definition) is 2. The maximum absolute atomic E-state index is 11.7. The van der Waals surface area contributed by atoms with E-state index in [9.17, 15) is 4.79 Å². The zero-order valence-electron chi connectivity index (χ0n) is 13.4. The lowest BCUT2D eigenvalue weighted by molar-refractivity contribution is 0.218. The number of carbonyl (C=O) groups is 1. The highest BCUT2D eigenvalue weighted by Gasteiger charge is 2.20. The molecular formula is C17H27N3O. The zero-order valence-corrected chi connectivity index (χ0v) is 13.4. The van der Waals surface area contributed by atoms with Crippen LogP contribution in [0.25, 0.3) is 0 Å². The molecule has 0 spiro atoms. The predicted molar refractivity (Wildman–Crippen MR) is 87.5 cm³/mol. The SMILES string of the molecule is CCCCCC(NCC)c1ccc2c(c1)CN(C)C(=O)N2. The first-order chi connectivity index (χ1) is 10.2.